The van der Waals surface area contributed by atoms with Crippen molar-refractivity contribution >= 4 is 27.7 Å². The number of aryl methyl sites for hydroxylation is 2. The van der Waals surface area contributed by atoms with Gasteiger partial charge in [0, 0.05) is 22.3 Å². The number of hydrogen-bond acceptors (Lipinski definition) is 3. The van der Waals surface area contributed by atoms with E-state index in [-0.39, 0.29) is 24.1 Å². The van der Waals surface area contributed by atoms with Crippen molar-refractivity contribution in [2.24, 2.45) is 0 Å². The van der Waals surface area contributed by atoms with E-state index in [0.29, 0.717) is 5.52 Å². The van der Waals surface area contributed by atoms with Crippen LogP contribution in [-0.2, 0) is 17.8 Å². The fourth-order valence-corrected chi connectivity index (χ4v) is 3.61. The van der Waals surface area contributed by atoms with Crippen LogP contribution >= 0.6 is 0 Å². The average molecular weight is 388 g/mol. The number of nitrogens with one attached hydrogen (secondary N) is 2. The molecule has 2 aromatic carbocycles. The number of aromatic nitrogens is 3. The summed E-state index contributed by atoms with van der Waals surface area (Å²) in [6, 6.07) is 16.2. The SMILES string of the molecule is Cc1ccc2[nH]c3c(=O)n(CC(=O)N[C@@H](C)CCc4ccccc4)ncc3c2c1. The van der Waals surface area contributed by atoms with Gasteiger partial charge >= 0.3 is 0 Å². The number of H-pyrrole nitrogens is 1. The fourth-order valence-electron chi connectivity index (χ4n) is 3.61. The summed E-state index contributed by atoms with van der Waals surface area (Å²) in [5.41, 5.74) is 3.44. The Hall–Kier alpha value is -3.41. The lowest BCUT2D eigenvalue weighted by molar-refractivity contribution is -0.122. The Morgan fingerprint density at radius 3 is 2.76 bits per heavy atom. The van der Waals surface area contributed by atoms with E-state index in [9.17, 15) is 9.59 Å². The molecule has 4 aromatic rings. The number of rotatable bonds is 6. The van der Waals surface area contributed by atoms with Crippen LogP contribution in [0.2, 0.25) is 0 Å². The highest BCUT2D eigenvalue weighted by molar-refractivity contribution is 6.06. The first-order valence-corrected chi connectivity index (χ1v) is 9.83. The molecule has 0 aliphatic carbocycles. The number of aromatic amines is 1. The molecule has 0 fully saturated rings. The molecule has 148 valence electrons. The van der Waals surface area contributed by atoms with Crippen LogP contribution in [0.4, 0.5) is 0 Å². The molecule has 4 rings (SSSR count). The molecule has 1 amide bonds. The molecule has 0 spiro atoms. The Kier molecular flexibility index (Phi) is 5.16. The fraction of sp³-hybridized carbons (Fsp3) is 0.261. The molecule has 0 saturated heterocycles. The first-order valence-electron chi connectivity index (χ1n) is 9.83. The lowest BCUT2D eigenvalue weighted by atomic mass is 10.1. The first-order chi connectivity index (χ1) is 14.0. The number of benzene rings is 2. The van der Waals surface area contributed by atoms with Crippen LogP contribution in [0.1, 0.15) is 24.5 Å². The highest BCUT2D eigenvalue weighted by atomic mass is 16.2. The van der Waals surface area contributed by atoms with E-state index in [0.717, 1.165) is 34.7 Å². The third-order valence-corrected chi connectivity index (χ3v) is 5.18. The van der Waals surface area contributed by atoms with E-state index in [2.05, 4.69) is 27.5 Å². The van der Waals surface area contributed by atoms with Gasteiger partial charge in [0.05, 0.1) is 6.20 Å². The predicted octanol–water partition coefficient (Wildman–Crippen LogP) is 3.32. The molecule has 29 heavy (non-hydrogen) atoms. The number of hydrogen-bond donors (Lipinski definition) is 2. The molecule has 2 aromatic heterocycles. The lowest BCUT2D eigenvalue weighted by Crippen LogP contribution is -2.38. The van der Waals surface area contributed by atoms with E-state index in [1.54, 1.807) is 6.20 Å². The van der Waals surface area contributed by atoms with Crippen LogP contribution in [0.25, 0.3) is 21.8 Å². The third-order valence-electron chi connectivity index (χ3n) is 5.18. The summed E-state index contributed by atoms with van der Waals surface area (Å²) in [4.78, 5) is 28.4. The molecule has 0 bridgehead atoms. The summed E-state index contributed by atoms with van der Waals surface area (Å²) < 4.78 is 1.21. The molecule has 0 aliphatic rings. The Morgan fingerprint density at radius 2 is 1.97 bits per heavy atom. The largest absolute Gasteiger partial charge is 0.352 e. The van der Waals surface area contributed by atoms with Gasteiger partial charge < -0.3 is 10.3 Å². The zero-order valence-corrected chi connectivity index (χ0v) is 16.6. The van der Waals surface area contributed by atoms with E-state index in [1.807, 2.05) is 50.2 Å². The minimum absolute atomic E-state index is 0.0122. The van der Waals surface area contributed by atoms with Crippen molar-refractivity contribution in [3.05, 3.63) is 76.2 Å². The molecule has 0 aliphatic heterocycles. The van der Waals surface area contributed by atoms with Gasteiger partial charge in [-0.3, -0.25) is 9.59 Å². The summed E-state index contributed by atoms with van der Waals surface area (Å²) in [6.45, 7) is 3.88. The molecule has 2 heterocycles. The maximum atomic E-state index is 12.8. The lowest BCUT2D eigenvalue weighted by Gasteiger charge is -2.14. The summed E-state index contributed by atoms with van der Waals surface area (Å²) in [6.07, 6.45) is 3.38. The van der Waals surface area contributed by atoms with Gasteiger partial charge in [-0.1, -0.05) is 42.0 Å². The van der Waals surface area contributed by atoms with Crippen LogP contribution < -0.4 is 10.9 Å². The Balaban J connectivity index is 1.46. The van der Waals surface area contributed by atoms with Crippen LogP contribution in [0.5, 0.6) is 0 Å². The van der Waals surface area contributed by atoms with Crippen molar-refractivity contribution in [2.75, 3.05) is 0 Å². The second kappa shape index (κ2) is 7.91. The van der Waals surface area contributed by atoms with Crippen LogP contribution in [-0.4, -0.2) is 26.7 Å². The van der Waals surface area contributed by atoms with E-state index < -0.39 is 0 Å². The van der Waals surface area contributed by atoms with E-state index >= 15 is 0 Å². The molecular weight excluding hydrogens is 364 g/mol. The van der Waals surface area contributed by atoms with Gasteiger partial charge in [0.1, 0.15) is 12.1 Å². The summed E-state index contributed by atoms with van der Waals surface area (Å²) in [5, 5.41) is 8.93. The second-order valence-electron chi connectivity index (χ2n) is 7.56. The summed E-state index contributed by atoms with van der Waals surface area (Å²) >= 11 is 0. The number of nitrogens with zero attached hydrogens (tertiary/aromatic N) is 2. The average Bonchev–Trinajstić information content (AvgIpc) is 3.08. The monoisotopic (exact) mass is 388 g/mol. The molecule has 1 atom stereocenters. The number of carbonyl (C=O) groups is 1. The number of amides is 1. The molecule has 0 unspecified atom stereocenters. The minimum atomic E-state index is -0.288. The smallest absolute Gasteiger partial charge is 0.291 e. The van der Waals surface area contributed by atoms with Crippen molar-refractivity contribution in [1.29, 1.82) is 0 Å². The molecular formula is C23H24N4O2. The van der Waals surface area contributed by atoms with Crippen LogP contribution in [0.15, 0.2) is 59.5 Å². The molecule has 2 N–H and O–H groups in total. The standard InChI is InChI=1S/C23H24N4O2/c1-15-8-11-20-18(12-15)19-13-24-27(23(29)22(19)26-20)14-21(28)25-16(2)9-10-17-6-4-3-5-7-17/h3-8,11-13,16,26H,9-10,14H2,1-2H3,(H,25,28)/t16-/m0/s1. The maximum Gasteiger partial charge on any atom is 0.291 e. The summed E-state index contributed by atoms with van der Waals surface area (Å²) in [5.74, 6) is -0.216. The Morgan fingerprint density at radius 1 is 1.17 bits per heavy atom. The zero-order valence-electron chi connectivity index (χ0n) is 16.6. The molecule has 0 saturated carbocycles. The topological polar surface area (TPSA) is 79.8 Å². The van der Waals surface area contributed by atoms with Gasteiger partial charge in [-0.25, -0.2) is 4.68 Å². The highest BCUT2D eigenvalue weighted by Gasteiger charge is 2.14. The second-order valence-corrected chi connectivity index (χ2v) is 7.56. The number of carbonyl (C=O) groups excluding carboxylic acids is 1. The molecule has 6 nitrogen and oxygen atoms in total. The van der Waals surface area contributed by atoms with E-state index in [4.69, 9.17) is 0 Å². The minimum Gasteiger partial charge on any atom is -0.352 e. The zero-order chi connectivity index (χ0) is 20.4. The first kappa shape index (κ1) is 18.9. The molecule has 0 radical (unpaired) electrons. The van der Waals surface area contributed by atoms with Gasteiger partial charge in [0.2, 0.25) is 5.91 Å². The summed E-state index contributed by atoms with van der Waals surface area (Å²) in [7, 11) is 0. The van der Waals surface area contributed by atoms with Crippen LogP contribution in [0.3, 0.4) is 0 Å². The predicted molar refractivity (Wildman–Crippen MR) is 115 cm³/mol. The van der Waals surface area contributed by atoms with Crippen molar-refractivity contribution in [3.63, 3.8) is 0 Å². The van der Waals surface area contributed by atoms with Crippen molar-refractivity contribution in [2.45, 2.75) is 39.3 Å². The Labute approximate surface area is 168 Å². The quantitative estimate of drug-likeness (QED) is 0.532. The van der Waals surface area contributed by atoms with Gasteiger partial charge in [-0.05, 0) is 44.4 Å². The Bertz CT molecular complexity index is 1220. The van der Waals surface area contributed by atoms with E-state index in [1.165, 1.54) is 10.2 Å². The van der Waals surface area contributed by atoms with Gasteiger partial charge in [0.25, 0.3) is 5.56 Å². The van der Waals surface area contributed by atoms with Crippen molar-refractivity contribution in [1.82, 2.24) is 20.1 Å². The van der Waals surface area contributed by atoms with Gasteiger partial charge in [0.15, 0.2) is 0 Å². The van der Waals surface area contributed by atoms with Gasteiger partial charge in [-0.2, -0.15) is 5.10 Å². The number of fused-ring (bicyclic) bond motifs is 3. The highest BCUT2D eigenvalue weighted by Crippen LogP contribution is 2.23. The van der Waals surface area contributed by atoms with Crippen molar-refractivity contribution < 1.29 is 4.79 Å². The van der Waals surface area contributed by atoms with Crippen molar-refractivity contribution in [3.8, 4) is 0 Å². The molecule has 6 heteroatoms. The van der Waals surface area contributed by atoms with Gasteiger partial charge in [-0.15, -0.1) is 0 Å². The normalized spacial score (nSPS) is 12.3. The third kappa shape index (κ3) is 4.06. The van der Waals surface area contributed by atoms with Crippen LogP contribution in [0, 0.1) is 6.92 Å². The maximum absolute atomic E-state index is 12.8.